The largest absolute Gasteiger partial charge is 0.493 e. The molecule has 0 aliphatic heterocycles. The Labute approximate surface area is 147 Å². The van der Waals surface area contributed by atoms with Crippen molar-refractivity contribution in [3.05, 3.63) is 45.4 Å². The van der Waals surface area contributed by atoms with Crippen LogP contribution in [0.25, 0.3) is 0 Å². The van der Waals surface area contributed by atoms with Crippen molar-refractivity contribution in [2.75, 3.05) is 20.5 Å². The van der Waals surface area contributed by atoms with Crippen LogP contribution in [0.1, 0.15) is 5.56 Å². The summed E-state index contributed by atoms with van der Waals surface area (Å²) in [4.78, 5) is 5.65. The van der Waals surface area contributed by atoms with Gasteiger partial charge in [0.05, 0.1) is 19.9 Å². The average molecular weight is 401 g/mol. The van der Waals surface area contributed by atoms with Crippen LogP contribution >= 0.6 is 39.3 Å². The van der Waals surface area contributed by atoms with E-state index in [9.17, 15) is 0 Å². The second kappa shape index (κ2) is 7.90. The van der Waals surface area contributed by atoms with Gasteiger partial charge in [-0.3, -0.25) is 4.99 Å². The summed E-state index contributed by atoms with van der Waals surface area (Å²) in [5.74, 6) is 1.19. The molecule has 0 atom stereocenters. The van der Waals surface area contributed by atoms with Gasteiger partial charge in [-0.2, -0.15) is 0 Å². The van der Waals surface area contributed by atoms with Gasteiger partial charge in [0.25, 0.3) is 0 Å². The molecule has 3 nitrogen and oxygen atoms in total. The zero-order chi connectivity index (χ0) is 16.1. The molecule has 2 rings (SSSR count). The summed E-state index contributed by atoms with van der Waals surface area (Å²) >= 11 is 11.2. The summed E-state index contributed by atoms with van der Waals surface area (Å²) in [5.41, 5.74) is 1.64. The predicted molar refractivity (Wildman–Crippen MR) is 97.7 cm³/mol. The van der Waals surface area contributed by atoms with E-state index >= 15 is 0 Å². The van der Waals surface area contributed by atoms with Crippen molar-refractivity contribution in [2.24, 2.45) is 4.99 Å². The molecule has 0 fully saturated rings. The van der Waals surface area contributed by atoms with E-state index in [4.69, 9.17) is 21.1 Å². The highest BCUT2D eigenvalue weighted by molar-refractivity contribution is 9.10. The third-order valence-corrected chi connectivity index (χ3v) is 4.45. The van der Waals surface area contributed by atoms with Gasteiger partial charge in [0.15, 0.2) is 11.5 Å². The minimum absolute atomic E-state index is 0.568. The number of ether oxygens (including phenoxy) is 2. The van der Waals surface area contributed by atoms with E-state index in [0.717, 1.165) is 20.6 Å². The van der Waals surface area contributed by atoms with Crippen LogP contribution in [0.3, 0.4) is 0 Å². The van der Waals surface area contributed by atoms with Crippen LogP contribution in [0, 0.1) is 0 Å². The number of halogens is 2. The standard InChI is InChI=1S/C16H15BrClNO2S/c1-20-14-8-12(18)6-10(16(14)21-2)9-19-13-7-11(17)4-5-15(13)22-3/h4-9H,1-3H3. The maximum atomic E-state index is 6.11. The molecule has 0 radical (unpaired) electrons. The third kappa shape index (κ3) is 3.97. The Kier molecular flexibility index (Phi) is 6.17. The maximum absolute atomic E-state index is 6.11. The van der Waals surface area contributed by atoms with E-state index in [1.165, 1.54) is 0 Å². The number of rotatable bonds is 5. The lowest BCUT2D eigenvalue weighted by Gasteiger charge is -2.11. The molecule has 0 bridgehead atoms. The summed E-state index contributed by atoms with van der Waals surface area (Å²) in [6.45, 7) is 0. The summed E-state index contributed by atoms with van der Waals surface area (Å²) in [6, 6.07) is 9.50. The number of hydrogen-bond donors (Lipinski definition) is 0. The third-order valence-electron chi connectivity index (χ3n) is 2.96. The topological polar surface area (TPSA) is 30.8 Å². The Bertz CT molecular complexity index is 707. The van der Waals surface area contributed by atoms with E-state index in [0.29, 0.717) is 16.5 Å². The monoisotopic (exact) mass is 399 g/mol. The fraction of sp³-hybridized carbons (Fsp3) is 0.188. The lowest BCUT2D eigenvalue weighted by atomic mass is 10.2. The molecule has 0 saturated heterocycles. The zero-order valence-corrected chi connectivity index (χ0v) is 15.6. The molecular formula is C16H15BrClNO2S. The number of aliphatic imine (C=N–C) groups is 1. The average Bonchev–Trinajstić information content (AvgIpc) is 2.52. The first-order valence-electron chi connectivity index (χ1n) is 6.38. The zero-order valence-electron chi connectivity index (χ0n) is 12.4. The normalized spacial score (nSPS) is 11.0. The fourth-order valence-corrected chi connectivity index (χ4v) is 3.05. The van der Waals surface area contributed by atoms with Gasteiger partial charge in [-0.1, -0.05) is 27.5 Å². The van der Waals surface area contributed by atoms with Crippen molar-refractivity contribution in [3.8, 4) is 11.5 Å². The number of thioether (sulfide) groups is 1. The van der Waals surface area contributed by atoms with Gasteiger partial charge in [0.2, 0.25) is 0 Å². The van der Waals surface area contributed by atoms with Crippen molar-refractivity contribution >= 4 is 51.2 Å². The van der Waals surface area contributed by atoms with E-state index in [-0.39, 0.29) is 0 Å². The highest BCUT2D eigenvalue weighted by atomic mass is 79.9. The van der Waals surface area contributed by atoms with Gasteiger partial charge in [-0.05, 0) is 30.5 Å². The van der Waals surface area contributed by atoms with Gasteiger partial charge in [0, 0.05) is 32.2 Å². The first kappa shape index (κ1) is 17.2. The highest BCUT2D eigenvalue weighted by Crippen LogP contribution is 2.35. The molecule has 2 aromatic carbocycles. The maximum Gasteiger partial charge on any atom is 0.169 e. The van der Waals surface area contributed by atoms with Crippen molar-refractivity contribution < 1.29 is 9.47 Å². The van der Waals surface area contributed by atoms with Crippen LogP contribution < -0.4 is 9.47 Å². The molecular weight excluding hydrogens is 386 g/mol. The fourth-order valence-electron chi connectivity index (χ4n) is 1.96. The molecule has 0 aromatic heterocycles. The molecule has 0 spiro atoms. The second-order valence-electron chi connectivity index (χ2n) is 4.30. The lowest BCUT2D eigenvalue weighted by Crippen LogP contribution is -1.95. The van der Waals surface area contributed by atoms with Crippen LogP contribution in [-0.4, -0.2) is 26.7 Å². The van der Waals surface area contributed by atoms with Gasteiger partial charge < -0.3 is 9.47 Å². The number of hydrogen-bond acceptors (Lipinski definition) is 4. The molecule has 22 heavy (non-hydrogen) atoms. The van der Waals surface area contributed by atoms with Crippen molar-refractivity contribution in [2.45, 2.75) is 4.90 Å². The van der Waals surface area contributed by atoms with E-state index < -0.39 is 0 Å². The Hall–Kier alpha value is -1.17. The lowest BCUT2D eigenvalue weighted by molar-refractivity contribution is 0.354. The predicted octanol–water partition coefficient (Wildman–Crippen LogP) is 5.59. The highest BCUT2D eigenvalue weighted by Gasteiger charge is 2.10. The van der Waals surface area contributed by atoms with E-state index in [2.05, 4.69) is 20.9 Å². The molecule has 2 aromatic rings. The molecule has 0 amide bonds. The summed E-state index contributed by atoms with van der Waals surface area (Å²) in [7, 11) is 3.17. The molecule has 0 N–H and O–H groups in total. The SMILES string of the molecule is COc1cc(Cl)cc(C=Nc2cc(Br)ccc2SC)c1OC. The second-order valence-corrected chi connectivity index (χ2v) is 6.51. The molecule has 0 heterocycles. The Balaban J connectivity index is 2.46. The van der Waals surface area contributed by atoms with Crippen LogP contribution in [0.15, 0.2) is 44.7 Å². The van der Waals surface area contributed by atoms with E-state index in [1.807, 2.05) is 24.5 Å². The van der Waals surface area contributed by atoms with Crippen LogP contribution in [0.2, 0.25) is 5.02 Å². The molecule has 0 aliphatic rings. The molecule has 0 saturated carbocycles. The molecule has 6 heteroatoms. The summed E-state index contributed by atoms with van der Waals surface area (Å²) < 4.78 is 11.7. The quantitative estimate of drug-likeness (QED) is 0.484. The van der Waals surface area contributed by atoms with Crippen LogP contribution in [0.4, 0.5) is 5.69 Å². The Morgan fingerprint density at radius 2 is 1.95 bits per heavy atom. The first-order chi connectivity index (χ1) is 10.6. The Morgan fingerprint density at radius 3 is 2.59 bits per heavy atom. The molecule has 0 aliphatic carbocycles. The van der Waals surface area contributed by atoms with Crippen LogP contribution in [0.5, 0.6) is 11.5 Å². The smallest absolute Gasteiger partial charge is 0.169 e. The van der Waals surface area contributed by atoms with Gasteiger partial charge in [0.1, 0.15) is 0 Å². The first-order valence-corrected chi connectivity index (χ1v) is 8.77. The van der Waals surface area contributed by atoms with Crippen molar-refractivity contribution in [1.82, 2.24) is 0 Å². The van der Waals surface area contributed by atoms with Crippen molar-refractivity contribution in [1.29, 1.82) is 0 Å². The summed E-state index contributed by atoms with van der Waals surface area (Å²) in [5, 5.41) is 0.568. The van der Waals surface area contributed by atoms with Gasteiger partial charge >= 0.3 is 0 Å². The molecule has 0 unspecified atom stereocenters. The van der Waals surface area contributed by atoms with E-state index in [1.54, 1.807) is 44.3 Å². The number of methoxy groups -OCH3 is 2. The van der Waals surface area contributed by atoms with Crippen LogP contribution in [-0.2, 0) is 0 Å². The minimum atomic E-state index is 0.568. The van der Waals surface area contributed by atoms with Gasteiger partial charge in [-0.15, -0.1) is 11.8 Å². The Morgan fingerprint density at radius 1 is 1.18 bits per heavy atom. The minimum Gasteiger partial charge on any atom is -0.493 e. The number of benzene rings is 2. The summed E-state index contributed by atoms with van der Waals surface area (Å²) in [6.07, 6.45) is 3.75. The molecule has 116 valence electrons. The number of nitrogens with zero attached hydrogens (tertiary/aromatic N) is 1. The van der Waals surface area contributed by atoms with Crippen molar-refractivity contribution in [3.63, 3.8) is 0 Å². The van der Waals surface area contributed by atoms with Gasteiger partial charge in [-0.25, -0.2) is 0 Å².